The van der Waals surface area contributed by atoms with Crippen LogP contribution in [0.15, 0.2) is 17.3 Å². The summed E-state index contributed by atoms with van der Waals surface area (Å²) in [6.07, 6.45) is 3.24. The highest BCUT2D eigenvalue weighted by Crippen LogP contribution is 2.10. The second-order valence-electron chi connectivity index (χ2n) is 4.59. The van der Waals surface area contributed by atoms with Gasteiger partial charge in [-0.2, -0.15) is 16.9 Å². The van der Waals surface area contributed by atoms with Crippen molar-refractivity contribution in [3.8, 4) is 0 Å². The number of rotatable bonds is 10. The minimum absolute atomic E-state index is 0.0582. The van der Waals surface area contributed by atoms with Crippen LogP contribution in [0, 0.1) is 0 Å². The third-order valence-electron chi connectivity index (χ3n) is 2.73. The van der Waals surface area contributed by atoms with E-state index in [0.29, 0.717) is 0 Å². The maximum atomic E-state index is 12.1. The van der Waals surface area contributed by atoms with Crippen molar-refractivity contribution >= 4 is 27.8 Å². The molecule has 0 aliphatic heterocycles. The van der Waals surface area contributed by atoms with Crippen molar-refractivity contribution in [1.82, 2.24) is 14.5 Å². The fourth-order valence-electron chi connectivity index (χ4n) is 1.61. The molecule has 1 atom stereocenters. The molecule has 9 heteroatoms. The first-order chi connectivity index (χ1) is 9.85. The number of hydrogen-bond acceptors (Lipinski definition) is 5. The van der Waals surface area contributed by atoms with E-state index in [-0.39, 0.29) is 23.9 Å². The van der Waals surface area contributed by atoms with E-state index in [0.717, 1.165) is 17.9 Å². The fraction of sp³-hybridized carbons (Fsp3) is 0.667. The molecule has 0 saturated carbocycles. The van der Waals surface area contributed by atoms with E-state index in [1.54, 1.807) is 11.8 Å². The van der Waals surface area contributed by atoms with Crippen LogP contribution < -0.4 is 4.72 Å². The normalized spacial score (nSPS) is 13.2. The van der Waals surface area contributed by atoms with Crippen LogP contribution in [0.1, 0.15) is 26.7 Å². The number of sulfonamides is 1. The molecule has 7 nitrogen and oxygen atoms in total. The van der Waals surface area contributed by atoms with E-state index < -0.39 is 16.0 Å². The van der Waals surface area contributed by atoms with Gasteiger partial charge in [0.15, 0.2) is 0 Å². The molecule has 0 amide bonds. The lowest BCUT2D eigenvalue weighted by molar-refractivity contribution is -0.137. The number of aryl methyl sites for hydroxylation is 1. The van der Waals surface area contributed by atoms with Crippen molar-refractivity contribution < 1.29 is 18.3 Å². The molecule has 0 aromatic carbocycles. The number of thioether (sulfide) groups is 1. The van der Waals surface area contributed by atoms with Crippen molar-refractivity contribution in [2.75, 3.05) is 11.5 Å². The molecule has 0 radical (unpaired) electrons. The summed E-state index contributed by atoms with van der Waals surface area (Å²) in [4.78, 5) is 10.5. The summed E-state index contributed by atoms with van der Waals surface area (Å²) in [6, 6.07) is -0.156. The molecule has 2 N–H and O–H groups in total. The van der Waals surface area contributed by atoms with E-state index in [1.165, 1.54) is 17.1 Å². The second kappa shape index (κ2) is 8.40. The Morgan fingerprint density at radius 3 is 2.90 bits per heavy atom. The van der Waals surface area contributed by atoms with E-state index in [1.807, 2.05) is 6.92 Å². The topological polar surface area (TPSA) is 101 Å². The van der Waals surface area contributed by atoms with Gasteiger partial charge in [0.2, 0.25) is 10.0 Å². The standard InChI is InChI=1S/C12H21N3O4S2/c1-3-20-7-5-10(2)14-21(18,19)11-8-13-15(9-11)6-4-12(16)17/h8-10,14H,3-7H2,1-2H3,(H,16,17). The molecule has 120 valence electrons. The highest BCUT2D eigenvalue weighted by molar-refractivity contribution is 7.99. The molecule has 0 aliphatic rings. The molecule has 1 heterocycles. The van der Waals surface area contributed by atoms with Crippen molar-refractivity contribution in [3.63, 3.8) is 0 Å². The van der Waals surface area contributed by atoms with Crippen molar-refractivity contribution in [3.05, 3.63) is 12.4 Å². The maximum absolute atomic E-state index is 12.1. The predicted molar refractivity (Wildman–Crippen MR) is 81.9 cm³/mol. The molecule has 1 aromatic rings. The quantitative estimate of drug-likeness (QED) is 0.622. The zero-order valence-corrected chi connectivity index (χ0v) is 13.8. The third kappa shape index (κ3) is 6.49. The van der Waals surface area contributed by atoms with Gasteiger partial charge in [-0.15, -0.1) is 0 Å². The number of carbonyl (C=O) groups is 1. The summed E-state index contributed by atoms with van der Waals surface area (Å²) in [7, 11) is -3.60. The number of nitrogens with one attached hydrogen (secondary N) is 1. The lowest BCUT2D eigenvalue weighted by Gasteiger charge is -2.12. The van der Waals surface area contributed by atoms with E-state index in [9.17, 15) is 13.2 Å². The number of carboxylic acids is 1. The maximum Gasteiger partial charge on any atom is 0.305 e. The molecule has 0 aliphatic carbocycles. The summed E-state index contributed by atoms with van der Waals surface area (Å²) in [5.41, 5.74) is 0. The van der Waals surface area contributed by atoms with Crippen LogP contribution in [0.2, 0.25) is 0 Å². The first-order valence-corrected chi connectivity index (χ1v) is 9.33. The molecule has 0 fully saturated rings. The lowest BCUT2D eigenvalue weighted by atomic mass is 10.3. The van der Waals surface area contributed by atoms with Gasteiger partial charge in [0.1, 0.15) is 4.90 Å². The zero-order chi connectivity index (χ0) is 15.9. The van der Waals surface area contributed by atoms with Gasteiger partial charge in [-0.1, -0.05) is 6.92 Å². The van der Waals surface area contributed by atoms with E-state index >= 15 is 0 Å². The van der Waals surface area contributed by atoms with Crippen LogP contribution in [0.25, 0.3) is 0 Å². The smallest absolute Gasteiger partial charge is 0.305 e. The van der Waals surface area contributed by atoms with E-state index in [4.69, 9.17) is 5.11 Å². The Bertz CT molecular complexity index is 557. The summed E-state index contributed by atoms with van der Waals surface area (Å²) < 4.78 is 28.2. The monoisotopic (exact) mass is 335 g/mol. The van der Waals surface area contributed by atoms with Gasteiger partial charge in [0.05, 0.1) is 19.2 Å². The Morgan fingerprint density at radius 1 is 1.57 bits per heavy atom. The third-order valence-corrected chi connectivity index (χ3v) is 5.21. The summed E-state index contributed by atoms with van der Waals surface area (Å²) in [5, 5.41) is 12.5. The van der Waals surface area contributed by atoms with Crippen LogP contribution in [0.3, 0.4) is 0 Å². The number of carboxylic acid groups (broad SMARTS) is 1. The first kappa shape index (κ1) is 18.0. The van der Waals surface area contributed by atoms with Crippen molar-refractivity contribution in [2.24, 2.45) is 0 Å². The minimum Gasteiger partial charge on any atom is -0.481 e. The summed E-state index contributed by atoms with van der Waals surface area (Å²) in [6.45, 7) is 4.03. The Hall–Kier alpha value is -1.06. The lowest BCUT2D eigenvalue weighted by Crippen LogP contribution is -2.32. The molecule has 0 spiro atoms. The van der Waals surface area contributed by atoms with Crippen LogP contribution in [-0.4, -0.2) is 46.8 Å². The molecule has 1 unspecified atom stereocenters. The van der Waals surface area contributed by atoms with Gasteiger partial charge in [-0.05, 0) is 24.9 Å². The van der Waals surface area contributed by atoms with Gasteiger partial charge in [-0.25, -0.2) is 13.1 Å². The molecule has 1 rings (SSSR count). The van der Waals surface area contributed by atoms with Gasteiger partial charge in [-0.3, -0.25) is 9.48 Å². The number of aliphatic carboxylic acids is 1. The van der Waals surface area contributed by atoms with Crippen molar-refractivity contribution in [1.29, 1.82) is 0 Å². The number of hydrogen-bond donors (Lipinski definition) is 2. The fourth-order valence-corrected chi connectivity index (χ4v) is 3.65. The number of aromatic nitrogens is 2. The second-order valence-corrected chi connectivity index (χ2v) is 7.70. The summed E-state index contributed by atoms with van der Waals surface area (Å²) in [5.74, 6) is 0.962. The minimum atomic E-state index is -3.60. The van der Waals surface area contributed by atoms with Crippen LogP contribution >= 0.6 is 11.8 Å². The largest absolute Gasteiger partial charge is 0.481 e. The molecule has 0 saturated heterocycles. The number of nitrogens with zero attached hydrogens (tertiary/aromatic N) is 2. The van der Waals surface area contributed by atoms with Gasteiger partial charge in [0.25, 0.3) is 0 Å². The highest BCUT2D eigenvalue weighted by atomic mass is 32.2. The SMILES string of the molecule is CCSCCC(C)NS(=O)(=O)c1cnn(CCC(=O)O)c1. The predicted octanol–water partition coefficient (Wildman–Crippen LogP) is 1.17. The van der Waals surface area contributed by atoms with Crippen molar-refractivity contribution in [2.45, 2.75) is 44.2 Å². The van der Waals surface area contributed by atoms with Gasteiger partial charge in [0, 0.05) is 12.2 Å². The average Bonchev–Trinajstić information content (AvgIpc) is 2.85. The highest BCUT2D eigenvalue weighted by Gasteiger charge is 2.19. The summed E-state index contributed by atoms with van der Waals surface area (Å²) >= 11 is 1.76. The molecular formula is C12H21N3O4S2. The van der Waals surface area contributed by atoms with E-state index in [2.05, 4.69) is 16.7 Å². The molecule has 0 bridgehead atoms. The molecular weight excluding hydrogens is 314 g/mol. The Labute approximate surface area is 129 Å². The van der Waals surface area contributed by atoms with Crippen LogP contribution in [-0.2, 0) is 21.4 Å². The average molecular weight is 335 g/mol. The van der Waals surface area contributed by atoms with Crippen LogP contribution in [0.5, 0.6) is 0 Å². The molecule has 1 aromatic heterocycles. The van der Waals surface area contributed by atoms with Gasteiger partial charge >= 0.3 is 5.97 Å². The molecule has 21 heavy (non-hydrogen) atoms. The van der Waals surface area contributed by atoms with Crippen LogP contribution in [0.4, 0.5) is 0 Å². The Morgan fingerprint density at radius 2 is 2.29 bits per heavy atom. The van der Waals surface area contributed by atoms with Gasteiger partial charge < -0.3 is 5.11 Å². The Kier molecular flexibility index (Phi) is 7.20. The Balaban J connectivity index is 2.59. The first-order valence-electron chi connectivity index (χ1n) is 6.69. The zero-order valence-electron chi connectivity index (χ0n) is 12.2.